The van der Waals surface area contributed by atoms with Gasteiger partial charge in [-0.15, -0.1) is 0 Å². The number of aliphatic hydroxyl groups excluding tert-OH is 1. The van der Waals surface area contributed by atoms with Gasteiger partial charge >= 0.3 is 0 Å². The Morgan fingerprint density at radius 2 is 1.95 bits per heavy atom. The van der Waals surface area contributed by atoms with E-state index in [4.69, 9.17) is 16.7 Å². The first-order valence-electron chi connectivity index (χ1n) is 7.11. The topological polar surface area (TPSA) is 49.2 Å². The van der Waals surface area contributed by atoms with Crippen LogP contribution in [0.25, 0.3) is 0 Å². The Bertz CT molecular complexity index is 417. The van der Waals surface area contributed by atoms with Crippen molar-refractivity contribution < 1.29 is 5.11 Å². The molecule has 1 aliphatic carbocycles. The fourth-order valence-corrected chi connectivity index (χ4v) is 3.44. The molecule has 2 fully saturated rings. The molecule has 1 saturated carbocycles. The third-order valence-electron chi connectivity index (χ3n) is 4.51. The van der Waals surface area contributed by atoms with E-state index in [1.165, 1.54) is 19.3 Å². The van der Waals surface area contributed by atoms with Crippen molar-refractivity contribution in [2.45, 2.75) is 25.7 Å². The first-order valence-corrected chi connectivity index (χ1v) is 7.49. The van der Waals surface area contributed by atoms with Crippen LogP contribution in [0.15, 0.2) is 12.4 Å². The third-order valence-corrected chi connectivity index (χ3v) is 4.71. The fourth-order valence-electron chi connectivity index (χ4n) is 3.34. The Balaban J connectivity index is 1.51. The Morgan fingerprint density at radius 3 is 2.58 bits per heavy atom. The summed E-state index contributed by atoms with van der Waals surface area (Å²) < 4.78 is 0. The maximum atomic E-state index is 8.97. The normalized spacial score (nSPS) is 27.6. The van der Waals surface area contributed by atoms with Crippen molar-refractivity contribution in [1.29, 1.82) is 0 Å². The second-order valence-electron chi connectivity index (χ2n) is 5.70. The highest BCUT2D eigenvalue weighted by atomic mass is 35.5. The summed E-state index contributed by atoms with van der Waals surface area (Å²) in [7, 11) is 0. The number of aromatic nitrogens is 2. The van der Waals surface area contributed by atoms with E-state index in [2.05, 4.69) is 14.9 Å². The summed E-state index contributed by atoms with van der Waals surface area (Å²) in [5, 5.41) is 9.56. The minimum Gasteiger partial charge on any atom is -0.396 e. The zero-order valence-corrected chi connectivity index (χ0v) is 11.8. The van der Waals surface area contributed by atoms with Crippen LogP contribution in [0.3, 0.4) is 0 Å². The highest BCUT2D eigenvalue weighted by Gasteiger charge is 2.42. The number of nitrogens with zero attached hydrogens (tertiary/aromatic N) is 3. The third kappa shape index (κ3) is 3.00. The van der Waals surface area contributed by atoms with Gasteiger partial charge in [-0.05, 0) is 43.4 Å². The molecule has 1 aromatic rings. The first kappa shape index (κ1) is 13.1. The van der Waals surface area contributed by atoms with Crippen LogP contribution in [0.4, 0.5) is 5.95 Å². The summed E-state index contributed by atoms with van der Waals surface area (Å²) in [6.07, 6.45) is 8.08. The molecule has 0 bridgehead atoms. The van der Waals surface area contributed by atoms with E-state index < -0.39 is 0 Å². The smallest absolute Gasteiger partial charge is 0.225 e. The number of piperidine rings is 1. The van der Waals surface area contributed by atoms with Crippen molar-refractivity contribution in [3.05, 3.63) is 17.4 Å². The average molecular weight is 282 g/mol. The Labute approximate surface area is 118 Å². The first-order chi connectivity index (χ1) is 9.28. The summed E-state index contributed by atoms with van der Waals surface area (Å²) in [5.74, 6) is 3.28. The van der Waals surface area contributed by atoms with E-state index in [1.807, 2.05) is 0 Å². The van der Waals surface area contributed by atoms with Crippen molar-refractivity contribution in [1.82, 2.24) is 9.97 Å². The zero-order chi connectivity index (χ0) is 13.2. The van der Waals surface area contributed by atoms with Crippen LogP contribution in [0, 0.1) is 17.8 Å². The monoisotopic (exact) mass is 281 g/mol. The molecular weight excluding hydrogens is 262 g/mol. The number of hydrogen-bond donors (Lipinski definition) is 1. The number of aliphatic hydroxyl groups is 1. The minimum absolute atomic E-state index is 0.346. The van der Waals surface area contributed by atoms with Crippen LogP contribution in [-0.4, -0.2) is 34.8 Å². The molecule has 4 nitrogen and oxygen atoms in total. The second kappa shape index (κ2) is 5.63. The molecule has 0 radical (unpaired) electrons. The molecule has 2 aliphatic rings. The molecule has 2 heterocycles. The summed E-state index contributed by atoms with van der Waals surface area (Å²) >= 11 is 5.81. The van der Waals surface area contributed by atoms with E-state index in [0.717, 1.165) is 43.2 Å². The maximum absolute atomic E-state index is 8.97. The van der Waals surface area contributed by atoms with E-state index in [9.17, 15) is 0 Å². The number of rotatable bonds is 4. The quantitative estimate of drug-likeness (QED) is 0.920. The van der Waals surface area contributed by atoms with Crippen LogP contribution in [-0.2, 0) is 0 Å². The minimum atomic E-state index is 0.346. The molecule has 1 aromatic heterocycles. The highest BCUT2D eigenvalue weighted by molar-refractivity contribution is 6.30. The predicted molar refractivity (Wildman–Crippen MR) is 75.3 cm³/mol. The van der Waals surface area contributed by atoms with Gasteiger partial charge in [-0.2, -0.15) is 0 Å². The molecule has 1 aliphatic heterocycles. The van der Waals surface area contributed by atoms with Gasteiger partial charge in [0, 0.05) is 19.7 Å². The molecule has 5 heteroatoms. The SMILES string of the molecule is OCCC1CC1C1CCN(c2ncc(Cl)cn2)CC1. The van der Waals surface area contributed by atoms with Gasteiger partial charge in [0.05, 0.1) is 17.4 Å². The van der Waals surface area contributed by atoms with Gasteiger partial charge in [0.25, 0.3) is 0 Å². The molecule has 3 rings (SSSR count). The van der Waals surface area contributed by atoms with Crippen LogP contribution in [0.5, 0.6) is 0 Å². The van der Waals surface area contributed by atoms with Gasteiger partial charge in [-0.1, -0.05) is 11.6 Å². The van der Waals surface area contributed by atoms with E-state index in [0.29, 0.717) is 11.6 Å². The second-order valence-corrected chi connectivity index (χ2v) is 6.13. The molecule has 0 spiro atoms. The molecule has 2 unspecified atom stereocenters. The standard InChI is InChI=1S/C14H20ClN3O/c15-12-8-16-14(17-9-12)18-4-1-10(2-5-18)13-7-11(13)3-6-19/h8-11,13,19H,1-7H2. The average Bonchev–Trinajstić information content (AvgIpc) is 3.20. The zero-order valence-electron chi connectivity index (χ0n) is 11.0. The summed E-state index contributed by atoms with van der Waals surface area (Å²) in [6.45, 7) is 2.42. The molecule has 1 saturated heterocycles. The largest absolute Gasteiger partial charge is 0.396 e. The van der Waals surface area contributed by atoms with Gasteiger partial charge in [0.1, 0.15) is 0 Å². The summed E-state index contributed by atoms with van der Waals surface area (Å²) in [4.78, 5) is 10.8. The van der Waals surface area contributed by atoms with Gasteiger partial charge in [0.15, 0.2) is 0 Å². The lowest BCUT2D eigenvalue weighted by Crippen LogP contribution is -2.35. The molecule has 2 atom stereocenters. The Morgan fingerprint density at radius 1 is 1.26 bits per heavy atom. The molecule has 19 heavy (non-hydrogen) atoms. The maximum Gasteiger partial charge on any atom is 0.225 e. The van der Waals surface area contributed by atoms with Crippen molar-refractivity contribution in [2.75, 3.05) is 24.6 Å². The van der Waals surface area contributed by atoms with Crippen LogP contribution >= 0.6 is 11.6 Å². The van der Waals surface area contributed by atoms with E-state index >= 15 is 0 Å². The number of halogens is 1. The number of hydrogen-bond acceptors (Lipinski definition) is 4. The lowest BCUT2D eigenvalue weighted by atomic mass is 9.90. The van der Waals surface area contributed by atoms with Gasteiger partial charge in [-0.25, -0.2) is 9.97 Å². The van der Waals surface area contributed by atoms with Crippen LogP contribution in [0.2, 0.25) is 5.02 Å². The molecular formula is C14H20ClN3O. The van der Waals surface area contributed by atoms with Crippen molar-refractivity contribution in [2.24, 2.45) is 17.8 Å². The predicted octanol–water partition coefficient (Wildman–Crippen LogP) is 2.36. The fraction of sp³-hybridized carbons (Fsp3) is 0.714. The highest BCUT2D eigenvalue weighted by Crippen LogP contribution is 2.49. The summed E-state index contributed by atoms with van der Waals surface area (Å²) in [6, 6.07) is 0. The van der Waals surface area contributed by atoms with E-state index in [-0.39, 0.29) is 0 Å². The summed E-state index contributed by atoms with van der Waals surface area (Å²) in [5.41, 5.74) is 0. The van der Waals surface area contributed by atoms with Gasteiger partial charge in [-0.3, -0.25) is 0 Å². The molecule has 0 amide bonds. The van der Waals surface area contributed by atoms with Gasteiger partial charge < -0.3 is 10.0 Å². The van der Waals surface area contributed by atoms with Crippen molar-refractivity contribution in [3.8, 4) is 0 Å². The van der Waals surface area contributed by atoms with Gasteiger partial charge in [0.2, 0.25) is 5.95 Å². The van der Waals surface area contributed by atoms with Crippen molar-refractivity contribution in [3.63, 3.8) is 0 Å². The molecule has 1 N–H and O–H groups in total. The van der Waals surface area contributed by atoms with E-state index in [1.54, 1.807) is 12.4 Å². The lowest BCUT2D eigenvalue weighted by molar-refractivity contribution is 0.266. The number of anilines is 1. The van der Waals surface area contributed by atoms with Crippen LogP contribution < -0.4 is 4.90 Å². The lowest BCUT2D eigenvalue weighted by Gasteiger charge is -2.32. The van der Waals surface area contributed by atoms with Crippen molar-refractivity contribution >= 4 is 17.5 Å². The van der Waals surface area contributed by atoms with Crippen LogP contribution in [0.1, 0.15) is 25.7 Å². The Hall–Kier alpha value is -0.870. The molecule has 104 valence electrons. The Kier molecular flexibility index (Phi) is 3.89. The molecule has 0 aromatic carbocycles.